The second-order valence-corrected chi connectivity index (χ2v) is 4.79. The van der Waals surface area contributed by atoms with Crippen molar-refractivity contribution >= 4 is 0 Å². The van der Waals surface area contributed by atoms with Crippen LogP contribution in [0.3, 0.4) is 0 Å². The number of hydrogen-bond acceptors (Lipinski definition) is 3. The SMILES string of the molecule is COCCCCCOc1ccc(Oc2ccccc2)cc1. The maximum atomic E-state index is 5.73. The molecule has 21 heavy (non-hydrogen) atoms. The number of hydrogen-bond donors (Lipinski definition) is 0. The van der Waals surface area contributed by atoms with Crippen LogP contribution in [-0.4, -0.2) is 20.3 Å². The Morgan fingerprint density at radius 2 is 1.29 bits per heavy atom. The van der Waals surface area contributed by atoms with Crippen LogP contribution in [0.1, 0.15) is 19.3 Å². The van der Waals surface area contributed by atoms with Crippen LogP contribution in [0.5, 0.6) is 17.2 Å². The van der Waals surface area contributed by atoms with Gasteiger partial charge in [-0.05, 0) is 55.7 Å². The topological polar surface area (TPSA) is 27.7 Å². The molecule has 0 aliphatic rings. The molecular formula is C18H22O3. The minimum atomic E-state index is 0.739. The van der Waals surface area contributed by atoms with Crippen LogP contribution in [-0.2, 0) is 4.74 Å². The lowest BCUT2D eigenvalue weighted by Gasteiger charge is -2.08. The smallest absolute Gasteiger partial charge is 0.127 e. The summed E-state index contributed by atoms with van der Waals surface area (Å²) in [7, 11) is 1.73. The van der Waals surface area contributed by atoms with Crippen LogP contribution in [0.25, 0.3) is 0 Å². The number of para-hydroxylation sites is 1. The molecular weight excluding hydrogens is 264 g/mol. The molecule has 0 radical (unpaired) electrons. The van der Waals surface area contributed by atoms with E-state index in [0.717, 1.165) is 49.7 Å². The zero-order valence-electron chi connectivity index (χ0n) is 12.5. The van der Waals surface area contributed by atoms with Gasteiger partial charge in [-0.2, -0.15) is 0 Å². The molecule has 0 fully saturated rings. The molecule has 0 saturated carbocycles. The second kappa shape index (κ2) is 9.03. The third-order valence-electron chi connectivity index (χ3n) is 3.06. The van der Waals surface area contributed by atoms with Crippen molar-refractivity contribution in [3.05, 3.63) is 54.6 Å². The first-order valence-electron chi connectivity index (χ1n) is 7.33. The minimum Gasteiger partial charge on any atom is -0.494 e. The van der Waals surface area contributed by atoms with Gasteiger partial charge in [0.25, 0.3) is 0 Å². The Morgan fingerprint density at radius 1 is 0.667 bits per heavy atom. The van der Waals surface area contributed by atoms with Gasteiger partial charge in [-0.1, -0.05) is 18.2 Å². The molecule has 112 valence electrons. The standard InChI is InChI=1S/C18H22O3/c1-19-14-6-3-7-15-20-16-10-12-18(13-11-16)21-17-8-4-2-5-9-17/h2,4-5,8-13H,3,6-7,14-15H2,1H3. The number of methoxy groups -OCH3 is 1. The number of unbranched alkanes of at least 4 members (excludes halogenated alkanes) is 2. The number of rotatable bonds is 9. The fourth-order valence-corrected chi connectivity index (χ4v) is 1.94. The van der Waals surface area contributed by atoms with Crippen molar-refractivity contribution in [1.82, 2.24) is 0 Å². The Morgan fingerprint density at radius 3 is 2.00 bits per heavy atom. The molecule has 3 nitrogen and oxygen atoms in total. The maximum absolute atomic E-state index is 5.73. The van der Waals surface area contributed by atoms with Gasteiger partial charge < -0.3 is 14.2 Å². The molecule has 0 aliphatic heterocycles. The van der Waals surface area contributed by atoms with E-state index in [2.05, 4.69) is 0 Å². The Labute approximate surface area is 126 Å². The molecule has 0 unspecified atom stereocenters. The fourth-order valence-electron chi connectivity index (χ4n) is 1.94. The van der Waals surface area contributed by atoms with Crippen molar-refractivity contribution in [2.75, 3.05) is 20.3 Å². The first-order chi connectivity index (χ1) is 10.4. The Bertz CT molecular complexity index is 494. The lowest BCUT2D eigenvalue weighted by Crippen LogP contribution is -1.98. The molecule has 0 atom stereocenters. The molecule has 0 heterocycles. The van der Waals surface area contributed by atoms with Crippen LogP contribution >= 0.6 is 0 Å². The Balaban J connectivity index is 1.72. The van der Waals surface area contributed by atoms with E-state index in [-0.39, 0.29) is 0 Å². The quantitative estimate of drug-likeness (QED) is 0.627. The van der Waals surface area contributed by atoms with Gasteiger partial charge >= 0.3 is 0 Å². The van der Waals surface area contributed by atoms with Crippen LogP contribution < -0.4 is 9.47 Å². The van der Waals surface area contributed by atoms with E-state index in [1.807, 2.05) is 54.6 Å². The summed E-state index contributed by atoms with van der Waals surface area (Å²) < 4.78 is 16.4. The second-order valence-electron chi connectivity index (χ2n) is 4.79. The average Bonchev–Trinajstić information content (AvgIpc) is 2.53. The van der Waals surface area contributed by atoms with E-state index >= 15 is 0 Å². The summed E-state index contributed by atoms with van der Waals surface area (Å²) in [4.78, 5) is 0. The zero-order valence-corrected chi connectivity index (χ0v) is 12.5. The normalized spacial score (nSPS) is 10.3. The molecule has 2 aromatic rings. The maximum Gasteiger partial charge on any atom is 0.127 e. The Hall–Kier alpha value is -2.00. The summed E-state index contributed by atoms with van der Waals surface area (Å²) in [6.07, 6.45) is 3.26. The largest absolute Gasteiger partial charge is 0.494 e. The molecule has 0 saturated heterocycles. The van der Waals surface area contributed by atoms with Crippen molar-refractivity contribution in [1.29, 1.82) is 0 Å². The summed E-state index contributed by atoms with van der Waals surface area (Å²) >= 11 is 0. The van der Waals surface area contributed by atoms with E-state index in [4.69, 9.17) is 14.2 Å². The summed E-state index contributed by atoms with van der Waals surface area (Å²) in [5.74, 6) is 2.53. The molecule has 2 aromatic carbocycles. The summed E-state index contributed by atoms with van der Waals surface area (Å²) in [6.45, 7) is 1.56. The van der Waals surface area contributed by atoms with E-state index in [0.29, 0.717) is 0 Å². The summed E-state index contributed by atoms with van der Waals surface area (Å²) in [5, 5.41) is 0. The zero-order chi connectivity index (χ0) is 14.8. The first-order valence-corrected chi connectivity index (χ1v) is 7.33. The highest BCUT2D eigenvalue weighted by Gasteiger charge is 1.98. The summed E-state index contributed by atoms with van der Waals surface area (Å²) in [5.41, 5.74) is 0. The van der Waals surface area contributed by atoms with E-state index < -0.39 is 0 Å². The van der Waals surface area contributed by atoms with Gasteiger partial charge in [-0.15, -0.1) is 0 Å². The van der Waals surface area contributed by atoms with Crippen molar-refractivity contribution in [2.45, 2.75) is 19.3 Å². The van der Waals surface area contributed by atoms with Gasteiger partial charge in [0.1, 0.15) is 17.2 Å². The highest BCUT2D eigenvalue weighted by molar-refractivity contribution is 5.35. The van der Waals surface area contributed by atoms with Crippen LogP contribution in [0.2, 0.25) is 0 Å². The number of ether oxygens (including phenoxy) is 3. The van der Waals surface area contributed by atoms with Crippen LogP contribution in [0.15, 0.2) is 54.6 Å². The lowest BCUT2D eigenvalue weighted by molar-refractivity contribution is 0.189. The van der Waals surface area contributed by atoms with Gasteiger partial charge in [-0.3, -0.25) is 0 Å². The van der Waals surface area contributed by atoms with Crippen molar-refractivity contribution in [2.24, 2.45) is 0 Å². The molecule has 0 aromatic heterocycles. The first kappa shape index (κ1) is 15.4. The van der Waals surface area contributed by atoms with Crippen molar-refractivity contribution in [3.8, 4) is 17.2 Å². The number of benzene rings is 2. The Kier molecular flexibility index (Phi) is 6.62. The highest BCUT2D eigenvalue weighted by atomic mass is 16.5. The van der Waals surface area contributed by atoms with Gasteiger partial charge in [-0.25, -0.2) is 0 Å². The van der Waals surface area contributed by atoms with E-state index in [1.165, 1.54) is 0 Å². The van der Waals surface area contributed by atoms with Crippen molar-refractivity contribution in [3.63, 3.8) is 0 Å². The van der Waals surface area contributed by atoms with E-state index in [9.17, 15) is 0 Å². The average molecular weight is 286 g/mol. The van der Waals surface area contributed by atoms with E-state index in [1.54, 1.807) is 7.11 Å². The predicted octanol–water partition coefficient (Wildman–Crippen LogP) is 4.67. The minimum absolute atomic E-state index is 0.739. The van der Waals surface area contributed by atoms with Gasteiger partial charge in [0.05, 0.1) is 6.61 Å². The molecule has 0 aliphatic carbocycles. The fraction of sp³-hybridized carbons (Fsp3) is 0.333. The predicted molar refractivity (Wildman–Crippen MR) is 84.2 cm³/mol. The summed E-state index contributed by atoms with van der Waals surface area (Å²) in [6, 6.07) is 17.5. The third-order valence-corrected chi connectivity index (χ3v) is 3.06. The molecule has 0 spiro atoms. The molecule has 0 bridgehead atoms. The molecule has 2 rings (SSSR count). The van der Waals surface area contributed by atoms with Crippen molar-refractivity contribution < 1.29 is 14.2 Å². The third kappa shape index (κ3) is 5.88. The highest BCUT2D eigenvalue weighted by Crippen LogP contribution is 2.23. The molecule has 3 heteroatoms. The van der Waals surface area contributed by atoms with Gasteiger partial charge in [0, 0.05) is 13.7 Å². The van der Waals surface area contributed by atoms with Gasteiger partial charge in [0.2, 0.25) is 0 Å². The molecule has 0 N–H and O–H groups in total. The monoisotopic (exact) mass is 286 g/mol. The van der Waals surface area contributed by atoms with Crippen LogP contribution in [0, 0.1) is 0 Å². The molecule has 0 amide bonds. The van der Waals surface area contributed by atoms with Crippen LogP contribution in [0.4, 0.5) is 0 Å². The lowest BCUT2D eigenvalue weighted by atomic mass is 10.2. The van der Waals surface area contributed by atoms with Gasteiger partial charge in [0.15, 0.2) is 0 Å².